The first-order chi connectivity index (χ1) is 18.9. The Morgan fingerprint density at radius 3 is 2.69 bits per heavy atom. The summed E-state index contributed by atoms with van der Waals surface area (Å²) in [4.78, 5) is 30.1. The maximum absolute atomic E-state index is 13.5. The lowest BCUT2D eigenvalue weighted by Crippen LogP contribution is -2.26. The first-order valence-corrected chi connectivity index (χ1v) is 12.5. The van der Waals surface area contributed by atoms with E-state index in [1.54, 1.807) is 63.4 Å². The van der Waals surface area contributed by atoms with Crippen molar-refractivity contribution in [1.29, 1.82) is 0 Å². The van der Waals surface area contributed by atoms with Gasteiger partial charge in [-0.1, -0.05) is 29.8 Å². The summed E-state index contributed by atoms with van der Waals surface area (Å²) in [6.07, 6.45) is 0.656. The Labute approximate surface area is 228 Å². The second-order valence-electron chi connectivity index (χ2n) is 8.50. The third-order valence-corrected chi connectivity index (χ3v) is 6.21. The van der Waals surface area contributed by atoms with Gasteiger partial charge < -0.3 is 18.6 Å². The number of para-hydroxylation sites is 1. The molecule has 39 heavy (non-hydrogen) atoms. The largest absolute Gasteiger partial charge is 0.496 e. The van der Waals surface area contributed by atoms with Crippen LogP contribution in [0.4, 0.5) is 0 Å². The van der Waals surface area contributed by atoms with Gasteiger partial charge in [0.2, 0.25) is 5.82 Å². The highest BCUT2D eigenvalue weighted by atomic mass is 35.5. The molecule has 0 saturated carbocycles. The third-order valence-electron chi connectivity index (χ3n) is 5.92. The smallest absolute Gasteiger partial charge is 0.347 e. The van der Waals surface area contributed by atoms with Gasteiger partial charge in [0, 0.05) is 0 Å². The number of halogens is 1. The Hall–Kier alpha value is -4.63. The van der Waals surface area contributed by atoms with Gasteiger partial charge in [-0.3, -0.25) is 4.79 Å². The summed E-state index contributed by atoms with van der Waals surface area (Å²) in [5, 5.41) is 5.87. The van der Waals surface area contributed by atoms with E-state index in [1.165, 1.54) is 10.9 Å². The minimum absolute atomic E-state index is 0.225. The second kappa shape index (κ2) is 11.0. The summed E-state index contributed by atoms with van der Waals surface area (Å²) in [7, 11) is 1.58. The van der Waals surface area contributed by atoms with E-state index in [9.17, 15) is 9.59 Å². The molecule has 0 saturated heterocycles. The molecule has 9 nitrogen and oxygen atoms in total. The summed E-state index contributed by atoms with van der Waals surface area (Å²) >= 11 is 6.40. The minimum Gasteiger partial charge on any atom is -0.496 e. The fraction of sp³-hybridized carbons (Fsp3) is 0.172. The maximum atomic E-state index is 13.5. The lowest BCUT2D eigenvalue weighted by molar-refractivity contribution is -0.150. The molecule has 0 aliphatic heterocycles. The molecule has 0 spiro atoms. The van der Waals surface area contributed by atoms with Crippen LogP contribution < -0.4 is 15.0 Å². The number of ether oxygens (including phenoxy) is 3. The molecular weight excluding hydrogens is 522 g/mol. The molecule has 0 radical (unpaired) electrons. The van der Waals surface area contributed by atoms with E-state index in [4.69, 9.17) is 30.2 Å². The molecule has 0 aliphatic carbocycles. The van der Waals surface area contributed by atoms with Gasteiger partial charge in [0.05, 0.1) is 41.2 Å². The molecule has 0 aliphatic rings. The van der Waals surface area contributed by atoms with Crippen LogP contribution in [0, 0.1) is 0 Å². The fourth-order valence-corrected chi connectivity index (χ4v) is 4.26. The zero-order valence-electron chi connectivity index (χ0n) is 21.4. The minimum atomic E-state index is -0.825. The summed E-state index contributed by atoms with van der Waals surface area (Å²) in [5.41, 5.74) is 1.32. The first kappa shape index (κ1) is 26.0. The molecule has 1 atom stereocenters. The highest BCUT2D eigenvalue weighted by molar-refractivity contribution is 6.32. The lowest BCUT2D eigenvalue weighted by atomic mass is 10.2. The van der Waals surface area contributed by atoms with Gasteiger partial charge in [-0.2, -0.15) is 9.78 Å². The molecule has 3 aromatic carbocycles. The number of esters is 1. The van der Waals surface area contributed by atoms with Gasteiger partial charge in [-0.25, -0.2) is 9.78 Å². The number of benzene rings is 3. The molecule has 0 bridgehead atoms. The predicted molar refractivity (Wildman–Crippen MR) is 149 cm³/mol. The Morgan fingerprint density at radius 1 is 1.10 bits per heavy atom. The van der Waals surface area contributed by atoms with Crippen molar-refractivity contribution in [3.05, 3.63) is 87.7 Å². The van der Waals surface area contributed by atoms with Crippen LogP contribution in [0.5, 0.6) is 11.5 Å². The summed E-state index contributed by atoms with van der Waals surface area (Å²) in [6.45, 7) is 3.55. The molecule has 5 aromatic rings. The maximum Gasteiger partial charge on any atom is 0.347 e. The highest BCUT2D eigenvalue weighted by Crippen LogP contribution is 2.33. The average molecular weight is 546 g/mol. The molecule has 198 valence electrons. The Bertz CT molecular complexity index is 1770. The van der Waals surface area contributed by atoms with E-state index in [0.717, 1.165) is 5.39 Å². The van der Waals surface area contributed by atoms with Gasteiger partial charge in [-0.15, -0.1) is 0 Å². The number of hydrogen-bond acceptors (Lipinski definition) is 8. The zero-order chi connectivity index (χ0) is 27.5. The standard InChI is InChI=1S/C29H24ClN3O6/c1-4-37-29(35)17(2)38-25-13-12-18(14-21(25)30)16-31-33-27(32-22-9-6-5-8-19(22)28(33)34)26-15-20-23(36-3)10-7-11-24(20)39-26/h5-17H,4H2,1-3H3/t17-/m0/s1. The predicted octanol–water partition coefficient (Wildman–Crippen LogP) is 5.68. The number of rotatable bonds is 8. The number of fused-ring (bicyclic) bond motifs is 2. The molecule has 0 unspecified atom stereocenters. The SMILES string of the molecule is CCOC(=O)[C@H](C)Oc1ccc(C=Nn2c(-c3cc4c(OC)cccc4o3)nc3ccccc3c2=O)cc1Cl. The number of aromatic nitrogens is 2. The van der Waals surface area contributed by atoms with Gasteiger partial charge in [0.15, 0.2) is 11.9 Å². The van der Waals surface area contributed by atoms with Crippen LogP contribution in [0.1, 0.15) is 19.4 Å². The number of nitrogens with zero attached hydrogens (tertiary/aromatic N) is 3. The molecule has 0 amide bonds. The monoisotopic (exact) mass is 545 g/mol. The topological polar surface area (TPSA) is 105 Å². The number of carbonyl (C=O) groups is 1. The molecule has 0 fully saturated rings. The van der Waals surface area contributed by atoms with Gasteiger partial charge in [0.25, 0.3) is 5.56 Å². The van der Waals surface area contributed by atoms with E-state index >= 15 is 0 Å². The molecule has 2 heterocycles. The Morgan fingerprint density at radius 2 is 1.92 bits per heavy atom. The number of carbonyl (C=O) groups excluding carboxylic acids is 1. The van der Waals surface area contributed by atoms with E-state index in [1.807, 2.05) is 24.3 Å². The Balaban J connectivity index is 1.55. The van der Waals surface area contributed by atoms with Crippen LogP contribution in [0.3, 0.4) is 0 Å². The van der Waals surface area contributed by atoms with Gasteiger partial charge in [-0.05, 0) is 67.9 Å². The Kier molecular flexibility index (Phi) is 7.33. The summed E-state index contributed by atoms with van der Waals surface area (Å²) in [5.74, 6) is 1.04. The van der Waals surface area contributed by atoms with Crippen molar-refractivity contribution < 1.29 is 23.4 Å². The lowest BCUT2D eigenvalue weighted by Gasteiger charge is -2.14. The quantitative estimate of drug-likeness (QED) is 0.182. The molecule has 5 rings (SSSR count). The first-order valence-electron chi connectivity index (χ1n) is 12.2. The molecule has 0 N–H and O–H groups in total. The zero-order valence-corrected chi connectivity index (χ0v) is 22.1. The number of furan rings is 1. The van der Waals surface area contributed by atoms with Crippen molar-refractivity contribution >= 4 is 45.7 Å². The van der Waals surface area contributed by atoms with Crippen LogP contribution in [-0.2, 0) is 9.53 Å². The third kappa shape index (κ3) is 5.21. The average Bonchev–Trinajstić information content (AvgIpc) is 3.38. The van der Waals surface area contributed by atoms with E-state index < -0.39 is 12.1 Å². The molecule has 10 heteroatoms. The van der Waals surface area contributed by atoms with Crippen molar-refractivity contribution in [2.45, 2.75) is 20.0 Å². The van der Waals surface area contributed by atoms with Crippen molar-refractivity contribution in [2.24, 2.45) is 5.10 Å². The summed E-state index contributed by atoms with van der Waals surface area (Å²) in [6, 6.07) is 19.2. The van der Waals surface area contributed by atoms with Crippen molar-refractivity contribution in [1.82, 2.24) is 9.66 Å². The highest BCUT2D eigenvalue weighted by Gasteiger charge is 2.19. The van der Waals surface area contributed by atoms with Crippen LogP contribution in [0.15, 0.2) is 81.0 Å². The van der Waals surface area contributed by atoms with E-state index in [2.05, 4.69) is 10.1 Å². The van der Waals surface area contributed by atoms with Gasteiger partial charge in [0.1, 0.15) is 17.1 Å². The van der Waals surface area contributed by atoms with Crippen LogP contribution in [-0.4, -0.2) is 41.7 Å². The van der Waals surface area contributed by atoms with Gasteiger partial charge >= 0.3 is 5.97 Å². The van der Waals surface area contributed by atoms with E-state index in [0.29, 0.717) is 39.3 Å². The van der Waals surface area contributed by atoms with Crippen molar-refractivity contribution in [2.75, 3.05) is 13.7 Å². The van der Waals surface area contributed by atoms with E-state index in [-0.39, 0.29) is 23.0 Å². The second-order valence-corrected chi connectivity index (χ2v) is 8.91. The number of hydrogen-bond donors (Lipinski definition) is 0. The molecule has 2 aromatic heterocycles. The molecular formula is C29H24ClN3O6. The number of methoxy groups -OCH3 is 1. The van der Waals surface area contributed by atoms with Crippen LogP contribution in [0.2, 0.25) is 5.02 Å². The fourth-order valence-electron chi connectivity index (χ4n) is 4.03. The van der Waals surface area contributed by atoms with Crippen LogP contribution >= 0.6 is 11.6 Å². The van der Waals surface area contributed by atoms with Crippen molar-refractivity contribution in [3.8, 4) is 23.1 Å². The normalized spacial score (nSPS) is 12.2. The van der Waals surface area contributed by atoms with Crippen LogP contribution in [0.25, 0.3) is 33.5 Å². The van der Waals surface area contributed by atoms with Crippen molar-refractivity contribution in [3.63, 3.8) is 0 Å². The summed E-state index contributed by atoms with van der Waals surface area (Å²) < 4.78 is 23.3.